The van der Waals surface area contributed by atoms with Gasteiger partial charge in [0.25, 0.3) is 5.91 Å². The van der Waals surface area contributed by atoms with E-state index in [-0.39, 0.29) is 23.5 Å². The number of anilines is 1. The Morgan fingerprint density at radius 3 is 2.61 bits per heavy atom. The minimum atomic E-state index is -0.510. The average Bonchev–Trinajstić information content (AvgIpc) is 3.49. The number of carbonyl (C=O) groups excluding carboxylic acids is 1. The molecule has 0 radical (unpaired) electrons. The van der Waals surface area contributed by atoms with Crippen molar-refractivity contribution in [2.45, 2.75) is 31.3 Å². The molecule has 1 amide bonds. The van der Waals surface area contributed by atoms with Crippen molar-refractivity contribution in [3.8, 4) is 5.69 Å². The van der Waals surface area contributed by atoms with Gasteiger partial charge in [0.05, 0.1) is 33.9 Å². The molecule has 5 rings (SSSR count). The van der Waals surface area contributed by atoms with Crippen LogP contribution in [0.4, 0.5) is 13.9 Å². The fourth-order valence-electron chi connectivity index (χ4n) is 3.88. The summed E-state index contributed by atoms with van der Waals surface area (Å²) in [6.07, 6.45) is 5.55. The second kappa shape index (κ2) is 8.03. The highest BCUT2D eigenvalue weighted by molar-refractivity contribution is 7.22. The standard InChI is InChI=1S/C21H18F2N6OS/c22-12-5-7-18(29-24-8-9-25-29)14(10-12)20(30)26-15-2-1-3-16(15)27-21-28-17-6-4-13(23)11-19(17)31-21/h4-11,15-16H,1-3H2,(H,26,30)(H,27,28)/t15-,16-/m1/s1. The third-order valence-corrected chi connectivity index (χ3v) is 6.28. The highest BCUT2D eigenvalue weighted by Crippen LogP contribution is 2.30. The number of benzene rings is 2. The third kappa shape index (κ3) is 3.98. The van der Waals surface area contributed by atoms with E-state index in [1.54, 1.807) is 6.07 Å². The van der Waals surface area contributed by atoms with Gasteiger partial charge in [-0.3, -0.25) is 4.79 Å². The third-order valence-electron chi connectivity index (χ3n) is 5.33. The Kier molecular flexibility index (Phi) is 5.06. The molecule has 2 aromatic carbocycles. The number of fused-ring (bicyclic) bond motifs is 1. The van der Waals surface area contributed by atoms with Crippen molar-refractivity contribution in [3.05, 3.63) is 66.0 Å². The summed E-state index contributed by atoms with van der Waals surface area (Å²) >= 11 is 1.37. The van der Waals surface area contributed by atoms with Gasteiger partial charge in [-0.15, -0.1) is 0 Å². The van der Waals surface area contributed by atoms with Crippen molar-refractivity contribution in [2.75, 3.05) is 5.32 Å². The maximum Gasteiger partial charge on any atom is 0.253 e. The van der Waals surface area contributed by atoms with Crippen molar-refractivity contribution < 1.29 is 13.6 Å². The van der Waals surface area contributed by atoms with Crippen LogP contribution in [0.5, 0.6) is 0 Å². The highest BCUT2D eigenvalue weighted by Gasteiger charge is 2.30. The number of carbonyl (C=O) groups is 1. The second-order valence-electron chi connectivity index (χ2n) is 7.37. The lowest BCUT2D eigenvalue weighted by Gasteiger charge is -2.22. The van der Waals surface area contributed by atoms with E-state index < -0.39 is 11.7 Å². The number of thiazole rings is 1. The Hall–Kier alpha value is -3.40. The quantitative estimate of drug-likeness (QED) is 0.491. The van der Waals surface area contributed by atoms with Crippen LogP contribution < -0.4 is 10.6 Å². The molecule has 0 spiro atoms. The molecule has 0 saturated heterocycles. The Balaban J connectivity index is 1.34. The first-order valence-corrected chi connectivity index (χ1v) is 10.7. The Bertz CT molecular complexity index is 1240. The SMILES string of the molecule is O=C(N[C@@H]1CCC[C@H]1Nc1nc2ccc(F)cc2s1)c1cc(F)ccc1-n1nccn1. The molecule has 1 fully saturated rings. The number of hydrogen-bond donors (Lipinski definition) is 2. The van der Waals surface area contributed by atoms with Crippen LogP contribution in [0.25, 0.3) is 15.9 Å². The number of nitrogens with one attached hydrogen (secondary N) is 2. The first-order valence-electron chi connectivity index (χ1n) is 9.86. The van der Waals surface area contributed by atoms with Crippen molar-refractivity contribution >= 4 is 32.6 Å². The molecule has 0 bridgehead atoms. The molecule has 0 aliphatic heterocycles. The fraction of sp³-hybridized carbons (Fsp3) is 0.238. The van der Waals surface area contributed by atoms with E-state index >= 15 is 0 Å². The van der Waals surface area contributed by atoms with E-state index in [2.05, 4.69) is 25.8 Å². The summed E-state index contributed by atoms with van der Waals surface area (Å²) in [6, 6.07) is 8.24. The van der Waals surface area contributed by atoms with Gasteiger partial charge in [0.15, 0.2) is 5.13 Å². The van der Waals surface area contributed by atoms with E-state index in [1.807, 2.05) is 0 Å². The first kappa shape index (κ1) is 19.6. The number of aromatic nitrogens is 4. The van der Waals surface area contributed by atoms with E-state index in [4.69, 9.17) is 0 Å². The molecule has 1 saturated carbocycles. The number of halogens is 2. The zero-order valence-corrected chi connectivity index (χ0v) is 17.1. The molecule has 31 heavy (non-hydrogen) atoms. The number of hydrogen-bond acceptors (Lipinski definition) is 6. The summed E-state index contributed by atoms with van der Waals surface area (Å²) in [6.45, 7) is 0. The highest BCUT2D eigenvalue weighted by atomic mass is 32.1. The van der Waals surface area contributed by atoms with Crippen LogP contribution in [0.1, 0.15) is 29.6 Å². The molecule has 7 nitrogen and oxygen atoms in total. The second-order valence-corrected chi connectivity index (χ2v) is 8.40. The molecule has 2 N–H and O–H groups in total. The summed E-state index contributed by atoms with van der Waals surface area (Å²) in [5.74, 6) is -1.20. The predicted octanol–water partition coefficient (Wildman–Crippen LogP) is 3.92. The number of rotatable bonds is 5. The average molecular weight is 440 g/mol. The van der Waals surface area contributed by atoms with Gasteiger partial charge in [0.1, 0.15) is 11.6 Å². The molecule has 2 aromatic heterocycles. The molecule has 0 unspecified atom stereocenters. The maximum atomic E-state index is 13.9. The summed E-state index contributed by atoms with van der Waals surface area (Å²) in [5, 5.41) is 15.2. The van der Waals surface area contributed by atoms with Gasteiger partial charge in [-0.05, 0) is 55.7 Å². The van der Waals surface area contributed by atoms with Gasteiger partial charge in [-0.1, -0.05) is 11.3 Å². The molecule has 1 aliphatic carbocycles. The lowest BCUT2D eigenvalue weighted by Crippen LogP contribution is -2.43. The van der Waals surface area contributed by atoms with Crippen LogP contribution in [-0.4, -0.2) is 38.0 Å². The molecular weight excluding hydrogens is 422 g/mol. The lowest BCUT2D eigenvalue weighted by atomic mass is 10.1. The molecular formula is C21H18F2N6OS. The van der Waals surface area contributed by atoms with Crippen molar-refractivity contribution in [3.63, 3.8) is 0 Å². The summed E-state index contributed by atoms with van der Waals surface area (Å²) < 4.78 is 28.1. The zero-order chi connectivity index (χ0) is 21.4. The van der Waals surface area contributed by atoms with E-state index in [1.165, 1.54) is 58.9 Å². The normalized spacial score (nSPS) is 18.4. The molecule has 2 heterocycles. The zero-order valence-electron chi connectivity index (χ0n) is 16.3. The molecule has 4 aromatic rings. The van der Waals surface area contributed by atoms with E-state index in [0.717, 1.165) is 29.5 Å². The first-order chi connectivity index (χ1) is 15.1. The van der Waals surface area contributed by atoms with Crippen LogP contribution in [0.3, 0.4) is 0 Å². The van der Waals surface area contributed by atoms with Gasteiger partial charge >= 0.3 is 0 Å². The Labute approximate surface area is 180 Å². The Morgan fingerprint density at radius 2 is 1.77 bits per heavy atom. The summed E-state index contributed by atoms with van der Waals surface area (Å²) in [4.78, 5) is 18.8. The topological polar surface area (TPSA) is 84.7 Å². The van der Waals surface area contributed by atoms with E-state index in [9.17, 15) is 13.6 Å². The minimum absolute atomic E-state index is 0.0332. The lowest BCUT2D eigenvalue weighted by molar-refractivity contribution is 0.0935. The van der Waals surface area contributed by atoms with Crippen LogP contribution >= 0.6 is 11.3 Å². The largest absolute Gasteiger partial charge is 0.357 e. The summed E-state index contributed by atoms with van der Waals surface area (Å²) in [5.41, 5.74) is 1.29. The van der Waals surface area contributed by atoms with Crippen molar-refractivity contribution in [1.82, 2.24) is 25.3 Å². The predicted molar refractivity (Wildman–Crippen MR) is 113 cm³/mol. The smallest absolute Gasteiger partial charge is 0.253 e. The van der Waals surface area contributed by atoms with Gasteiger partial charge in [-0.2, -0.15) is 15.0 Å². The molecule has 158 valence electrons. The minimum Gasteiger partial charge on any atom is -0.357 e. The Morgan fingerprint density at radius 1 is 1.03 bits per heavy atom. The molecule has 2 atom stereocenters. The number of nitrogens with zero attached hydrogens (tertiary/aromatic N) is 4. The maximum absolute atomic E-state index is 13.9. The van der Waals surface area contributed by atoms with Gasteiger partial charge in [-0.25, -0.2) is 13.8 Å². The summed E-state index contributed by atoms with van der Waals surface area (Å²) in [7, 11) is 0. The van der Waals surface area contributed by atoms with Crippen LogP contribution in [0.2, 0.25) is 0 Å². The van der Waals surface area contributed by atoms with Crippen LogP contribution in [0.15, 0.2) is 48.8 Å². The van der Waals surface area contributed by atoms with Crippen molar-refractivity contribution in [1.29, 1.82) is 0 Å². The van der Waals surface area contributed by atoms with Crippen molar-refractivity contribution in [2.24, 2.45) is 0 Å². The monoisotopic (exact) mass is 440 g/mol. The molecule has 1 aliphatic rings. The van der Waals surface area contributed by atoms with Gasteiger partial charge in [0, 0.05) is 12.1 Å². The number of amides is 1. The van der Waals surface area contributed by atoms with E-state index in [0.29, 0.717) is 10.8 Å². The fourth-order valence-corrected chi connectivity index (χ4v) is 4.83. The van der Waals surface area contributed by atoms with Crippen LogP contribution in [0, 0.1) is 11.6 Å². The van der Waals surface area contributed by atoms with Crippen LogP contribution in [-0.2, 0) is 0 Å². The molecule has 10 heteroatoms. The van der Waals surface area contributed by atoms with Gasteiger partial charge < -0.3 is 10.6 Å². The van der Waals surface area contributed by atoms with Gasteiger partial charge in [0.2, 0.25) is 0 Å².